The molecule has 27 heavy (non-hydrogen) atoms. The van der Waals surface area contributed by atoms with Crippen LogP contribution < -0.4 is 8.92 Å². The molecule has 2 atom stereocenters. The predicted octanol–water partition coefficient (Wildman–Crippen LogP) is 3.34. The van der Waals surface area contributed by atoms with Crippen molar-refractivity contribution >= 4 is 10.1 Å². The number of benzene rings is 2. The van der Waals surface area contributed by atoms with Crippen LogP contribution in [-0.4, -0.2) is 39.1 Å². The van der Waals surface area contributed by atoms with Crippen LogP contribution in [0.1, 0.15) is 31.4 Å². The van der Waals surface area contributed by atoms with Crippen LogP contribution in [0.4, 0.5) is 0 Å². The van der Waals surface area contributed by atoms with Crippen molar-refractivity contribution in [3.63, 3.8) is 0 Å². The third-order valence-electron chi connectivity index (χ3n) is 5.77. The first-order valence-corrected chi connectivity index (χ1v) is 11.0. The Hall–Kier alpha value is -2.05. The first kappa shape index (κ1) is 18.3. The Morgan fingerprint density at radius 2 is 2.00 bits per heavy atom. The Labute approximate surface area is 161 Å². The summed E-state index contributed by atoms with van der Waals surface area (Å²) < 4.78 is 36.5. The minimum Gasteiger partial charge on any atom is -0.488 e. The standard InChI is InChI=1S/C21H25NO4S/c1-3-22-12-11-21(2)18-13-17(9-10-19(18)25-20(21)14-22)26-27(23,24)15-16-7-5-4-6-8-16/h4-10,13,20H,3,11-12,14-15H2,1-2H3. The van der Waals surface area contributed by atoms with E-state index in [1.54, 1.807) is 18.2 Å². The number of rotatable bonds is 5. The smallest absolute Gasteiger partial charge is 0.313 e. The highest BCUT2D eigenvalue weighted by Crippen LogP contribution is 2.48. The third-order valence-corrected chi connectivity index (χ3v) is 6.91. The largest absolute Gasteiger partial charge is 0.488 e. The van der Waals surface area contributed by atoms with E-state index in [1.807, 2.05) is 30.3 Å². The second-order valence-corrected chi connectivity index (χ2v) is 9.17. The lowest BCUT2D eigenvalue weighted by molar-refractivity contribution is 0.0536. The molecule has 0 amide bonds. The van der Waals surface area contributed by atoms with Crippen molar-refractivity contribution < 1.29 is 17.3 Å². The SMILES string of the molecule is CCN1CCC2(C)c3cc(OS(=O)(=O)Cc4ccccc4)ccc3OC2C1. The molecule has 0 radical (unpaired) electrons. The molecule has 4 rings (SSSR count). The van der Waals surface area contributed by atoms with Gasteiger partial charge in [0.15, 0.2) is 0 Å². The minimum absolute atomic E-state index is 0.0948. The van der Waals surface area contributed by atoms with Crippen LogP contribution in [-0.2, 0) is 21.3 Å². The molecule has 2 aliphatic rings. The summed E-state index contributed by atoms with van der Waals surface area (Å²) in [7, 11) is -3.72. The van der Waals surface area contributed by atoms with E-state index in [0.717, 1.165) is 37.4 Å². The maximum Gasteiger partial charge on any atom is 0.313 e. The van der Waals surface area contributed by atoms with Crippen molar-refractivity contribution in [2.75, 3.05) is 19.6 Å². The van der Waals surface area contributed by atoms with Crippen molar-refractivity contribution in [3.8, 4) is 11.5 Å². The highest BCUT2D eigenvalue weighted by Gasteiger charge is 2.48. The zero-order valence-corrected chi connectivity index (χ0v) is 16.5. The number of piperidine rings is 1. The van der Waals surface area contributed by atoms with Crippen LogP contribution in [0, 0.1) is 0 Å². The highest BCUT2D eigenvalue weighted by atomic mass is 32.2. The fraction of sp³-hybridized carbons (Fsp3) is 0.429. The van der Waals surface area contributed by atoms with Gasteiger partial charge in [-0.2, -0.15) is 8.42 Å². The van der Waals surface area contributed by atoms with Gasteiger partial charge in [0.2, 0.25) is 0 Å². The zero-order valence-electron chi connectivity index (χ0n) is 15.7. The number of fused-ring (bicyclic) bond motifs is 3. The molecule has 0 spiro atoms. The molecule has 2 unspecified atom stereocenters. The summed E-state index contributed by atoms with van der Waals surface area (Å²) in [5.41, 5.74) is 1.65. The maximum absolute atomic E-state index is 12.5. The van der Waals surface area contributed by atoms with Crippen molar-refractivity contribution in [3.05, 3.63) is 59.7 Å². The van der Waals surface area contributed by atoms with Crippen LogP contribution in [0.15, 0.2) is 48.5 Å². The van der Waals surface area contributed by atoms with E-state index in [4.69, 9.17) is 8.92 Å². The summed E-state index contributed by atoms with van der Waals surface area (Å²) in [4.78, 5) is 2.39. The van der Waals surface area contributed by atoms with E-state index < -0.39 is 10.1 Å². The predicted molar refractivity (Wildman–Crippen MR) is 105 cm³/mol. The van der Waals surface area contributed by atoms with Gasteiger partial charge < -0.3 is 8.92 Å². The van der Waals surface area contributed by atoms with E-state index in [-0.39, 0.29) is 17.3 Å². The molecule has 0 bridgehead atoms. The van der Waals surface area contributed by atoms with E-state index in [9.17, 15) is 8.42 Å². The lowest BCUT2D eigenvalue weighted by Crippen LogP contribution is -2.51. The van der Waals surface area contributed by atoms with Gasteiger partial charge in [-0.1, -0.05) is 44.2 Å². The number of hydrogen-bond donors (Lipinski definition) is 0. The second kappa shape index (κ2) is 6.84. The van der Waals surface area contributed by atoms with Gasteiger partial charge in [-0.25, -0.2) is 0 Å². The first-order chi connectivity index (χ1) is 12.9. The molecule has 2 aliphatic heterocycles. The monoisotopic (exact) mass is 387 g/mol. The molecular formula is C21H25NO4S. The minimum atomic E-state index is -3.72. The van der Waals surface area contributed by atoms with Crippen LogP contribution in [0.5, 0.6) is 11.5 Å². The van der Waals surface area contributed by atoms with E-state index in [0.29, 0.717) is 11.3 Å². The summed E-state index contributed by atoms with van der Waals surface area (Å²) in [6, 6.07) is 14.4. The number of likely N-dealkylation sites (N-methyl/N-ethyl adjacent to an activating group) is 1. The highest BCUT2D eigenvalue weighted by molar-refractivity contribution is 7.86. The van der Waals surface area contributed by atoms with Gasteiger partial charge in [0.05, 0.1) is 0 Å². The molecule has 0 aliphatic carbocycles. The fourth-order valence-electron chi connectivity index (χ4n) is 4.06. The van der Waals surface area contributed by atoms with Gasteiger partial charge in [-0.05, 0) is 43.3 Å². The molecule has 0 N–H and O–H groups in total. The van der Waals surface area contributed by atoms with Gasteiger partial charge in [-0.15, -0.1) is 0 Å². The zero-order chi connectivity index (χ0) is 19.1. The van der Waals surface area contributed by atoms with Gasteiger partial charge in [0.1, 0.15) is 23.4 Å². The van der Waals surface area contributed by atoms with Gasteiger partial charge in [0.25, 0.3) is 0 Å². The fourth-order valence-corrected chi connectivity index (χ4v) is 5.12. The topological polar surface area (TPSA) is 55.8 Å². The molecule has 5 nitrogen and oxygen atoms in total. The van der Waals surface area contributed by atoms with Crippen LogP contribution in [0.3, 0.4) is 0 Å². The molecule has 0 saturated carbocycles. The van der Waals surface area contributed by atoms with Gasteiger partial charge in [0, 0.05) is 17.5 Å². The summed E-state index contributed by atoms with van der Waals surface area (Å²) in [6.45, 7) is 7.29. The summed E-state index contributed by atoms with van der Waals surface area (Å²) in [5.74, 6) is 1.05. The number of nitrogens with zero attached hydrogens (tertiary/aromatic N) is 1. The number of likely N-dealkylation sites (tertiary alicyclic amines) is 1. The first-order valence-electron chi connectivity index (χ1n) is 9.39. The number of hydrogen-bond acceptors (Lipinski definition) is 5. The summed E-state index contributed by atoms with van der Waals surface area (Å²) in [6.07, 6.45) is 1.08. The molecule has 2 aromatic rings. The molecule has 6 heteroatoms. The lowest BCUT2D eigenvalue weighted by atomic mass is 9.74. The second-order valence-electron chi connectivity index (χ2n) is 7.60. The molecule has 1 saturated heterocycles. The molecular weight excluding hydrogens is 362 g/mol. The van der Waals surface area contributed by atoms with Crippen molar-refractivity contribution in [1.29, 1.82) is 0 Å². The van der Waals surface area contributed by atoms with E-state index in [2.05, 4.69) is 18.7 Å². The van der Waals surface area contributed by atoms with Crippen molar-refractivity contribution in [2.24, 2.45) is 0 Å². The van der Waals surface area contributed by atoms with Crippen LogP contribution in [0.2, 0.25) is 0 Å². The third kappa shape index (κ3) is 3.56. The summed E-state index contributed by atoms with van der Waals surface area (Å²) in [5, 5.41) is 0. The van der Waals surface area contributed by atoms with E-state index >= 15 is 0 Å². The van der Waals surface area contributed by atoms with Crippen molar-refractivity contribution in [1.82, 2.24) is 4.90 Å². The molecule has 2 aromatic carbocycles. The average Bonchev–Trinajstić information content (AvgIpc) is 2.93. The Balaban J connectivity index is 1.55. The molecule has 0 aromatic heterocycles. The lowest BCUT2D eigenvalue weighted by Gasteiger charge is -2.40. The maximum atomic E-state index is 12.5. The average molecular weight is 388 g/mol. The Morgan fingerprint density at radius 3 is 2.74 bits per heavy atom. The number of ether oxygens (including phenoxy) is 1. The Bertz CT molecular complexity index is 928. The normalized spacial score (nSPS) is 24.7. The molecule has 2 heterocycles. The summed E-state index contributed by atoms with van der Waals surface area (Å²) >= 11 is 0. The quantitative estimate of drug-likeness (QED) is 0.737. The van der Waals surface area contributed by atoms with Gasteiger partial charge in [-0.3, -0.25) is 4.90 Å². The van der Waals surface area contributed by atoms with Crippen LogP contribution in [0.25, 0.3) is 0 Å². The van der Waals surface area contributed by atoms with Crippen LogP contribution >= 0.6 is 0 Å². The Kier molecular flexibility index (Phi) is 4.64. The van der Waals surface area contributed by atoms with E-state index in [1.165, 1.54) is 0 Å². The Morgan fingerprint density at radius 1 is 1.22 bits per heavy atom. The van der Waals surface area contributed by atoms with Gasteiger partial charge >= 0.3 is 10.1 Å². The van der Waals surface area contributed by atoms with Crippen molar-refractivity contribution in [2.45, 2.75) is 37.5 Å². The molecule has 144 valence electrons. The molecule has 1 fully saturated rings.